The number of aliphatic imine (C=N–C) groups is 1. The van der Waals surface area contributed by atoms with E-state index >= 15 is 0 Å². The standard InChI is InChI=1S/C20H37N5O2S/c1-17(2)16-19(27)24-10-8-23(9-11-24)18(26)6-4-3-5-7-22-20(21)25-12-14-28-15-13-25/h17H,3-16H2,1-2H3,(H2,21,22). The summed E-state index contributed by atoms with van der Waals surface area (Å²) in [6.07, 6.45) is 4.03. The van der Waals surface area contributed by atoms with Gasteiger partial charge in [0.1, 0.15) is 0 Å². The van der Waals surface area contributed by atoms with Crippen LogP contribution in [0.1, 0.15) is 46.0 Å². The summed E-state index contributed by atoms with van der Waals surface area (Å²) in [7, 11) is 0. The molecule has 0 bridgehead atoms. The van der Waals surface area contributed by atoms with Gasteiger partial charge in [0.05, 0.1) is 0 Å². The van der Waals surface area contributed by atoms with E-state index in [9.17, 15) is 9.59 Å². The van der Waals surface area contributed by atoms with E-state index < -0.39 is 0 Å². The summed E-state index contributed by atoms with van der Waals surface area (Å²) in [4.78, 5) is 34.9. The van der Waals surface area contributed by atoms with Crippen molar-refractivity contribution in [2.45, 2.75) is 46.0 Å². The number of hydrogen-bond acceptors (Lipinski definition) is 4. The van der Waals surface area contributed by atoms with E-state index in [1.807, 2.05) is 21.6 Å². The number of guanidine groups is 1. The van der Waals surface area contributed by atoms with Gasteiger partial charge in [-0.15, -0.1) is 0 Å². The van der Waals surface area contributed by atoms with Gasteiger partial charge in [-0.3, -0.25) is 14.6 Å². The molecule has 2 amide bonds. The molecule has 0 spiro atoms. The van der Waals surface area contributed by atoms with Crippen LogP contribution < -0.4 is 5.73 Å². The first-order valence-electron chi connectivity index (χ1n) is 10.7. The highest BCUT2D eigenvalue weighted by molar-refractivity contribution is 7.99. The second-order valence-electron chi connectivity index (χ2n) is 8.01. The van der Waals surface area contributed by atoms with Gasteiger partial charge in [0.2, 0.25) is 11.8 Å². The topological polar surface area (TPSA) is 82.2 Å². The molecule has 0 aromatic heterocycles. The van der Waals surface area contributed by atoms with Gasteiger partial charge in [-0.1, -0.05) is 20.3 Å². The number of nitrogens with zero attached hydrogens (tertiary/aromatic N) is 4. The molecule has 0 aromatic rings. The third kappa shape index (κ3) is 7.89. The number of carbonyl (C=O) groups excluding carboxylic acids is 2. The molecule has 2 N–H and O–H groups in total. The van der Waals surface area contributed by atoms with Gasteiger partial charge in [0.15, 0.2) is 5.96 Å². The van der Waals surface area contributed by atoms with Crippen molar-refractivity contribution in [1.82, 2.24) is 14.7 Å². The van der Waals surface area contributed by atoms with Crippen molar-refractivity contribution in [2.24, 2.45) is 16.6 Å². The number of carbonyl (C=O) groups is 2. The first kappa shape index (κ1) is 22.8. The van der Waals surface area contributed by atoms with Crippen LogP contribution in [-0.4, -0.2) is 89.8 Å². The fourth-order valence-corrected chi connectivity index (χ4v) is 4.40. The van der Waals surface area contributed by atoms with Crippen molar-refractivity contribution < 1.29 is 9.59 Å². The van der Waals surface area contributed by atoms with Crippen molar-refractivity contribution in [2.75, 3.05) is 57.3 Å². The van der Waals surface area contributed by atoms with E-state index in [4.69, 9.17) is 5.73 Å². The number of thioether (sulfide) groups is 1. The monoisotopic (exact) mass is 411 g/mol. The molecule has 0 unspecified atom stereocenters. The molecule has 2 rings (SSSR count). The van der Waals surface area contributed by atoms with Gasteiger partial charge >= 0.3 is 0 Å². The average molecular weight is 412 g/mol. The molecule has 0 saturated carbocycles. The van der Waals surface area contributed by atoms with Gasteiger partial charge in [-0.05, 0) is 18.8 Å². The average Bonchev–Trinajstić information content (AvgIpc) is 2.70. The fraction of sp³-hybridized carbons (Fsp3) is 0.850. The van der Waals surface area contributed by atoms with E-state index in [2.05, 4.69) is 23.7 Å². The van der Waals surface area contributed by atoms with Crippen LogP contribution in [-0.2, 0) is 9.59 Å². The minimum absolute atomic E-state index is 0.213. The molecule has 8 heteroatoms. The van der Waals surface area contributed by atoms with Crippen molar-refractivity contribution in [3.63, 3.8) is 0 Å². The van der Waals surface area contributed by atoms with E-state index in [0.717, 1.165) is 50.4 Å². The highest BCUT2D eigenvalue weighted by Gasteiger charge is 2.23. The summed E-state index contributed by atoms with van der Waals surface area (Å²) in [5, 5.41) is 0. The molecule has 2 aliphatic heterocycles. The Morgan fingerprint density at radius 2 is 1.50 bits per heavy atom. The minimum Gasteiger partial charge on any atom is -0.370 e. The lowest BCUT2D eigenvalue weighted by atomic mass is 10.1. The summed E-state index contributed by atoms with van der Waals surface area (Å²) in [6.45, 7) is 9.50. The molecule has 28 heavy (non-hydrogen) atoms. The Morgan fingerprint density at radius 1 is 0.893 bits per heavy atom. The zero-order chi connectivity index (χ0) is 20.4. The SMILES string of the molecule is CC(C)CC(=O)N1CCN(C(=O)CCCCCN=C(N)N2CCSCC2)CC1. The van der Waals surface area contributed by atoms with Gasteiger partial charge in [-0.25, -0.2) is 0 Å². The predicted molar refractivity (Wildman–Crippen MR) is 116 cm³/mol. The normalized spacial score (nSPS) is 18.7. The van der Waals surface area contributed by atoms with Gasteiger partial charge < -0.3 is 20.4 Å². The Kier molecular flexibility index (Phi) is 9.95. The Bertz CT molecular complexity index is 527. The number of rotatable bonds is 8. The van der Waals surface area contributed by atoms with Crippen LogP contribution >= 0.6 is 11.8 Å². The number of piperazine rings is 1. The van der Waals surface area contributed by atoms with Crippen LogP contribution in [0.4, 0.5) is 0 Å². The Hall–Kier alpha value is -1.44. The maximum Gasteiger partial charge on any atom is 0.222 e. The third-order valence-corrected chi connectivity index (χ3v) is 6.17. The van der Waals surface area contributed by atoms with Gasteiger partial charge in [0.25, 0.3) is 0 Å². The highest BCUT2D eigenvalue weighted by atomic mass is 32.2. The molecule has 160 valence electrons. The van der Waals surface area contributed by atoms with Crippen LogP contribution in [0.2, 0.25) is 0 Å². The van der Waals surface area contributed by atoms with E-state index in [1.54, 1.807) is 0 Å². The molecule has 0 atom stereocenters. The minimum atomic E-state index is 0.213. The molecule has 7 nitrogen and oxygen atoms in total. The molecule has 2 fully saturated rings. The maximum absolute atomic E-state index is 12.4. The Morgan fingerprint density at radius 3 is 2.11 bits per heavy atom. The van der Waals surface area contributed by atoms with Crippen molar-refractivity contribution >= 4 is 29.5 Å². The summed E-state index contributed by atoms with van der Waals surface area (Å²) in [5.41, 5.74) is 6.05. The number of hydrogen-bond donors (Lipinski definition) is 1. The summed E-state index contributed by atoms with van der Waals surface area (Å²) < 4.78 is 0. The Balaban J connectivity index is 1.55. The quantitative estimate of drug-likeness (QED) is 0.373. The van der Waals surface area contributed by atoms with Crippen LogP contribution in [0.25, 0.3) is 0 Å². The zero-order valence-corrected chi connectivity index (χ0v) is 18.4. The molecule has 2 aliphatic rings. The lowest BCUT2D eigenvalue weighted by molar-refractivity contribution is -0.140. The maximum atomic E-state index is 12.4. The summed E-state index contributed by atoms with van der Waals surface area (Å²) >= 11 is 1.96. The van der Waals surface area contributed by atoms with Gasteiger partial charge in [0, 0.05) is 70.2 Å². The van der Waals surface area contributed by atoms with E-state index in [0.29, 0.717) is 50.9 Å². The number of nitrogens with two attached hydrogens (primary N) is 1. The van der Waals surface area contributed by atoms with Crippen molar-refractivity contribution in [3.05, 3.63) is 0 Å². The lowest BCUT2D eigenvalue weighted by Crippen LogP contribution is -2.50. The largest absolute Gasteiger partial charge is 0.370 e. The summed E-state index contributed by atoms with van der Waals surface area (Å²) in [6, 6.07) is 0. The number of amides is 2. The molecular formula is C20H37N5O2S. The highest BCUT2D eigenvalue weighted by Crippen LogP contribution is 2.11. The zero-order valence-electron chi connectivity index (χ0n) is 17.6. The lowest BCUT2D eigenvalue weighted by Gasteiger charge is -2.35. The fourth-order valence-electron chi connectivity index (χ4n) is 3.49. The first-order chi connectivity index (χ1) is 13.5. The second-order valence-corrected chi connectivity index (χ2v) is 9.23. The van der Waals surface area contributed by atoms with Crippen LogP contribution in [0.15, 0.2) is 4.99 Å². The van der Waals surface area contributed by atoms with Crippen molar-refractivity contribution in [3.8, 4) is 0 Å². The van der Waals surface area contributed by atoms with E-state index in [1.165, 1.54) is 0 Å². The van der Waals surface area contributed by atoms with Crippen molar-refractivity contribution in [1.29, 1.82) is 0 Å². The van der Waals surface area contributed by atoms with E-state index in [-0.39, 0.29) is 11.8 Å². The second kappa shape index (κ2) is 12.2. The first-order valence-corrected chi connectivity index (χ1v) is 11.8. The molecule has 2 heterocycles. The van der Waals surface area contributed by atoms with Crippen LogP contribution in [0.3, 0.4) is 0 Å². The molecule has 0 radical (unpaired) electrons. The molecular weight excluding hydrogens is 374 g/mol. The molecule has 2 saturated heterocycles. The predicted octanol–water partition coefficient (Wildman–Crippen LogP) is 1.63. The number of unbranched alkanes of at least 4 members (excludes halogenated alkanes) is 2. The Labute approximate surface area is 174 Å². The summed E-state index contributed by atoms with van der Waals surface area (Å²) in [5.74, 6) is 3.72. The third-order valence-electron chi connectivity index (χ3n) is 5.23. The van der Waals surface area contributed by atoms with Crippen LogP contribution in [0.5, 0.6) is 0 Å². The smallest absolute Gasteiger partial charge is 0.222 e. The van der Waals surface area contributed by atoms with Gasteiger partial charge in [-0.2, -0.15) is 11.8 Å². The van der Waals surface area contributed by atoms with Crippen LogP contribution in [0, 0.1) is 5.92 Å². The molecule has 0 aliphatic carbocycles. The molecule has 0 aromatic carbocycles.